The van der Waals surface area contributed by atoms with Crippen molar-refractivity contribution in [1.29, 1.82) is 0 Å². The van der Waals surface area contributed by atoms with Gasteiger partial charge in [-0.1, -0.05) is 75.4 Å². The molecule has 4 amide bonds. The molecule has 1 aromatic heterocycles. The van der Waals surface area contributed by atoms with Crippen LogP contribution in [0.2, 0.25) is 0 Å². The Hall–Kier alpha value is -5.05. The summed E-state index contributed by atoms with van der Waals surface area (Å²) < 4.78 is 33.7. The van der Waals surface area contributed by atoms with E-state index in [1.807, 2.05) is 77.1 Å². The van der Waals surface area contributed by atoms with Gasteiger partial charge in [0, 0.05) is 30.0 Å². The summed E-state index contributed by atoms with van der Waals surface area (Å²) in [4.78, 5) is 59.5. The maximum Gasteiger partial charge on any atom is 0.408 e. The van der Waals surface area contributed by atoms with E-state index in [9.17, 15) is 27.6 Å². The molecule has 2 saturated carbocycles. The van der Waals surface area contributed by atoms with Crippen molar-refractivity contribution in [2.45, 2.75) is 121 Å². The molecular formula is C42H53N7O7S. The second kappa shape index (κ2) is 15.0. The Morgan fingerprint density at radius 2 is 1.68 bits per heavy atom. The minimum atomic E-state index is -3.91. The molecule has 2 aliphatic heterocycles. The summed E-state index contributed by atoms with van der Waals surface area (Å²) in [6, 6.07) is 15.0. The summed E-state index contributed by atoms with van der Waals surface area (Å²) in [6.45, 7) is 13.0. The number of ether oxygens (including phenoxy) is 1. The Labute approximate surface area is 334 Å². The van der Waals surface area contributed by atoms with Crippen molar-refractivity contribution in [3.8, 4) is 22.5 Å². The van der Waals surface area contributed by atoms with E-state index in [0.717, 1.165) is 36.0 Å². The first-order valence-electron chi connectivity index (χ1n) is 19.8. The third-order valence-corrected chi connectivity index (χ3v) is 13.4. The molecule has 0 radical (unpaired) electrons. The summed E-state index contributed by atoms with van der Waals surface area (Å²) in [5.41, 5.74) is 0.950. The minimum Gasteiger partial charge on any atom is -0.444 e. The Morgan fingerprint density at radius 1 is 1.00 bits per heavy atom. The third-order valence-electron chi connectivity index (χ3n) is 11.6. The van der Waals surface area contributed by atoms with Crippen molar-refractivity contribution < 1.29 is 32.3 Å². The van der Waals surface area contributed by atoms with Gasteiger partial charge in [0.05, 0.1) is 11.3 Å². The van der Waals surface area contributed by atoms with Crippen molar-refractivity contribution in [2.75, 3.05) is 6.54 Å². The molecule has 2 aromatic carbocycles. The second-order valence-corrected chi connectivity index (χ2v) is 19.6. The molecule has 2 aliphatic carbocycles. The quantitative estimate of drug-likeness (QED) is 0.275. The SMILES string of the molecule is C=C[C@@H]1C[C@]1(NC(=O)[C@@H]1C[C@@H]2CN1C(=O)[C@H](C(C)(C)C)NC(=O)OC(C)(C)CCCCc1cccc(c1)-c1nn2nc1-c1ccccc1)C(=O)NS(=O)(=O)C1CC1. The maximum atomic E-state index is 14.8. The van der Waals surface area contributed by atoms with Crippen LogP contribution in [-0.4, -0.2) is 87.1 Å². The molecule has 1 saturated heterocycles. The number of nitrogens with zero attached hydrogens (tertiary/aromatic N) is 4. The number of hydrogen-bond acceptors (Lipinski definition) is 9. The van der Waals surface area contributed by atoms with Gasteiger partial charge in [0.2, 0.25) is 21.8 Å². The highest BCUT2D eigenvalue weighted by molar-refractivity contribution is 7.91. The Kier molecular flexibility index (Phi) is 10.6. The molecule has 3 aromatic rings. The zero-order valence-corrected chi connectivity index (χ0v) is 34.1. The molecule has 3 fully saturated rings. The molecule has 15 heteroatoms. The number of aryl methyl sites for hydroxylation is 1. The largest absolute Gasteiger partial charge is 0.444 e. The van der Waals surface area contributed by atoms with Crippen LogP contribution in [0.4, 0.5) is 4.79 Å². The van der Waals surface area contributed by atoms with Gasteiger partial charge in [0.15, 0.2) is 0 Å². The molecule has 0 spiro atoms. The van der Waals surface area contributed by atoms with E-state index in [0.29, 0.717) is 30.7 Å². The van der Waals surface area contributed by atoms with Gasteiger partial charge in [-0.05, 0) is 75.8 Å². The average Bonchev–Trinajstić information content (AvgIpc) is 4.04. The number of cyclic esters (lactones) is 1. The summed E-state index contributed by atoms with van der Waals surface area (Å²) in [6.07, 6.45) is 4.98. The molecule has 14 nitrogen and oxygen atoms in total. The van der Waals surface area contributed by atoms with Crippen LogP contribution in [0, 0.1) is 11.3 Å². The normalized spacial score (nSPS) is 26.5. The molecule has 304 valence electrons. The topological polar surface area (TPSA) is 182 Å². The second-order valence-electron chi connectivity index (χ2n) is 17.7. The Balaban J connectivity index is 1.29. The third kappa shape index (κ3) is 8.48. The zero-order chi connectivity index (χ0) is 40.9. The standard InChI is InChI=1S/C42H53N7O7S/c1-7-29-24-42(29,38(52)47-57(54,55)31-19-20-31)44-36(50)32-23-30-25-48(32)37(51)35(40(2,3)4)43-39(53)56-41(5,6)21-12-11-14-26-15-13-18-28(22-26)34-33(45-49(30)46-34)27-16-9-8-10-17-27/h7-10,13,15-18,22,29-32,35H,1,11-12,14,19-21,23-25H2,2-6H3,(H,43,53)(H,44,50)(H,47,52)/t29-,30-,32+,35-,42-/m1/s1. The number of carbonyl (C=O) groups is 4. The smallest absolute Gasteiger partial charge is 0.408 e. The molecule has 3 N–H and O–H groups in total. The molecule has 3 heterocycles. The lowest BCUT2D eigenvalue weighted by Crippen LogP contribution is -2.60. The highest BCUT2D eigenvalue weighted by Crippen LogP contribution is 2.46. The van der Waals surface area contributed by atoms with Crippen LogP contribution < -0.4 is 15.4 Å². The monoisotopic (exact) mass is 799 g/mol. The fourth-order valence-corrected chi connectivity index (χ4v) is 9.34. The first-order valence-corrected chi connectivity index (χ1v) is 21.4. The van der Waals surface area contributed by atoms with E-state index in [2.05, 4.69) is 34.1 Å². The van der Waals surface area contributed by atoms with E-state index in [1.54, 1.807) is 4.80 Å². The summed E-state index contributed by atoms with van der Waals surface area (Å²) in [7, 11) is -3.91. The summed E-state index contributed by atoms with van der Waals surface area (Å²) >= 11 is 0. The predicted molar refractivity (Wildman–Crippen MR) is 214 cm³/mol. The van der Waals surface area contributed by atoms with Crippen LogP contribution in [0.15, 0.2) is 67.3 Å². The zero-order valence-electron chi connectivity index (χ0n) is 33.3. The van der Waals surface area contributed by atoms with Gasteiger partial charge in [0.1, 0.15) is 34.6 Å². The molecule has 5 atom stereocenters. The van der Waals surface area contributed by atoms with Crippen LogP contribution in [0.5, 0.6) is 0 Å². The van der Waals surface area contributed by atoms with Gasteiger partial charge in [-0.3, -0.25) is 19.1 Å². The number of hydrogen-bond donors (Lipinski definition) is 3. The van der Waals surface area contributed by atoms with Gasteiger partial charge < -0.3 is 20.3 Å². The molecular weight excluding hydrogens is 747 g/mol. The van der Waals surface area contributed by atoms with Crippen molar-refractivity contribution >= 4 is 33.8 Å². The number of rotatable bonds is 7. The number of sulfonamides is 1. The maximum absolute atomic E-state index is 14.8. The Bertz CT molecular complexity index is 2180. The lowest BCUT2D eigenvalue weighted by atomic mass is 9.85. The average molecular weight is 800 g/mol. The van der Waals surface area contributed by atoms with E-state index < -0.39 is 79.7 Å². The van der Waals surface area contributed by atoms with Crippen LogP contribution >= 0.6 is 0 Å². The fraction of sp³-hybridized carbons (Fsp3) is 0.524. The van der Waals surface area contributed by atoms with Gasteiger partial charge in [0.25, 0.3) is 5.91 Å². The molecule has 7 rings (SSSR count). The lowest BCUT2D eigenvalue weighted by Gasteiger charge is -2.36. The Morgan fingerprint density at radius 3 is 2.33 bits per heavy atom. The van der Waals surface area contributed by atoms with Crippen molar-refractivity contribution in [2.24, 2.45) is 11.3 Å². The molecule has 4 aliphatic rings. The number of carbonyl (C=O) groups excluding carboxylic acids is 4. The highest BCUT2D eigenvalue weighted by Gasteiger charge is 2.62. The molecule has 0 unspecified atom stereocenters. The number of amides is 4. The van der Waals surface area contributed by atoms with E-state index in [4.69, 9.17) is 14.9 Å². The van der Waals surface area contributed by atoms with E-state index in [1.165, 1.54) is 11.0 Å². The van der Waals surface area contributed by atoms with E-state index in [-0.39, 0.29) is 19.4 Å². The number of alkyl carbamates (subject to hydrolysis) is 1. The van der Waals surface area contributed by atoms with Crippen molar-refractivity contribution in [1.82, 2.24) is 35.2 Å². The number of aromatic nitrogens is 3. The van der Waals surface area contributed by atoms with E-state index >= 15 is 0 Å². The van der Waals surface area contributed by atoms with Crippen LogP contribution in [0.3, 0.4) is 0 Å². The fourth-order valence-electron chi connectivity index (χ4n) is 7.98. The van der Waals surface area contributed by atoms with Crippen molar-refractivity contribution in [3.05, 3.63) is 72.8 Å². The van der Waals surface area contributed by atoms with Gasteiger partial charge in [-0.15, -0.1) is 6.58 Å². The minimum absolute atomic E-state index is 0.00819. The first kappa shape index (κ1) is 40.2. The van der Waals surface area contributed by atoms with Gasteiger partial charge >= 0.3 is 6.09 Å². The summed E-state index contributed by atoms with van der Waals surface area (Å²) in [5.74, 6) is -2.52. The molecule has 6 bridgehead atoms. The van der Waals surface area contributed by atoms with Crippen molar-refractivity contribution in [3.63, 3.8) is 0 Å². The number of benzene rings is 2. The summed E-state index contributed by atoms with van der Waals surface area (Å²) in [5, 5.41) is 15.1. The highest BCUT2D eigenvalue weighted by atomic mass is 32.2. The van der Waals surface area contributed by atoms with Crippen LogP contribution in [-0.2, 0) is 35.6 Å². The van der Waals surface area contributed by atoms with Gasteiger partial charge in [-0.2, -0.15) is 15.0 Å². The predicted octanol–water partition coefficient (Wildman–Crippen LogP) is 5.07. The number of fused-ring (bicyclic) bond motifs is 8. The first-order chi connectivity index (χ1) is 26.9. The van der Waals surface area contributed by atoms with Crippen LogP contribution in [0.1, 0.15) is 91.2 Å². The lowest BCUT2D eigenvalue weighted by molar-refractivity contribution is -0.143. The van der Waals surface area contributed by atoms with Gasteiger partial charge in [-0.25, -0.2) is 13.2 Å². The number of nitrogens with one attached hydrogen (secondary N) is 3. The van der Waals surface area contributed by atoms with Crippen LogP contribution in [0.25, 0.3) is 22.5 Å². The molecule has 57 heavy (non-hydrogen) atoms.